The number of sulfone groups is 1. The molecule has 162 valence electrons. The number of hydrogen-bond acceptors (Lipinski definition) is 9. The highest BCUT2D eigenvalue weighted by atomic mass is 35.5. The van der Waals surface area contributed by atoms with E-state index in [9.17, 15) is 18.0 Å². The third-order valence-corrected chi connectivity index (χ3v) is 4.98. The second-order valence-electron chi connectivity index (χ2n) is 6.10. The number of nitrogens with one attached hydrogen (secondary N) is 2. The Morgan fingerprint density at radius 1 is 1.23 bits per heavy atom. The van der Waals surface area contributed by atoms with Gasteiger partial charge in [-0.05, 0) is 24.6 Å². The Morgan fingerprint density at radius 3 is 2.57 bits per heavy atom. The van der Waals surface area contributed by atoms with Crippen molar-refractivity contribution < 1.29 is 27.5 Å². The standard InChI is InChI=1S/C18H21ClN4O6S/c1-28-14-7-6-11(9-12(14)19)22-17(25)16-13(20-8-4-5-15(24)29-2)10-21-18(23-16)30(3,26)27/h6-7,9-10,20H,4-5,8H2,1-3H3,(H,22,25). The molecule has 2 N–H and O–H groups in total. The Morgan fingerprint density at radius 2 is 1.97 bits per heavy atom. The maximum absolute atomic E-state index is 12.8. The molecule has 0 bridgehead atoms. The second-order valence-corrected chi connectivity index (χ2v) is 8.41. The summed E-state index contributed by atoms with van der Waals surface area (Å²) in [6, 6.07) is 4.64. The molecule has 0 saturated carbocycles. The quantitative estimate of drug-likeness (QED) is 0.330. The molecule has 30 heavy (non-hydrogen) atoms. The van der Waals surface area contributed by atoms with Crippen LogP contribution in [0.25, 0.3) is 0 Å². The van der Waals surface area contributed by atoms with Gasteiger partial charge in [0.15, 0.2) is 5.69 Å². The second kappa shape index (κ2) is 10.2. The van der Waals surface area contributed by atoms with Crippen LogP contribution in [0.15, 0.2) is 29.6 Å². The molecule has 0 radical (unpaired) electrons. The van der Waals surface area contributed by atoms with Crippen LogP contribution < -0.4 is 15.4 Å². The number of halogens is 1. The van der Waals surface area contributed by atoms with Gasteiger partial charge in [-0.2, -0.15) is 0 Å². The van der Waals surface area contributed by atoms with E-state index in [1.165, 1.54) is 26.5 Å². The average molecular weight is 457 g/mol. The minimum Gasteiger partial charge on any atom is -0.495 e. The summed E-state index contributed by atoms with van der Waals surface area (Å²) >= 11 is 6.07. The van der Waals surface area contributed by atoms with E-state index in [0.29, 0.717) is 24.4 Å². The lowest BCUT2D eigenvalue weighted by atomic mass is 10.2. The number of carbonyl (C=O) groups excluding carboxylic acids is 2. The van der Waals surface area contributed by atoms with Crippen LogP contribution in [0.5, 0.6) is 5.75 Å². The van der Waals surface area contributed by atoms with Gasteiger partial charge in [-0.3, -0.25) is 9.59 Å². The van der Waals surface area contributed by atoms with Gasteiger partial charge in [-0.25, -0.2) is 18.4 Å². The van der Waals surface area contributed by atoms with Gasteiger partial charge in [-0.1, -0.05) is 11.6 Å². The number of nitrogens with zero attached hydrogens (tertiary/aromatic N) is 2. The molecule has 0 saturated heterocycles. The minimum atomic E-state index is -3.73. The fourth-order valence-corrected chi connectivity index (χ4v) is 3.10. The van der Waals surface area contributed by atoms with Crippen LogP contribution in [-0.4, -0.2) is 57.3 Å². The van der Waals surface area contributed by atoms with Crippen LogP contribution in [0, 0.1) is 0 Å². The van der Waals surface area contributed by atoms with Crippen molar-refractivity contribution in [3.8, 4) is 5.75 Å². The molecule has 0 aliphatic carbocycles. The average Bonchev–Trinajstić information content (AvgIpc) is 2.70. The molecule has 12 heteroatoms. The van der Waals surface area contributed by atoms with Crippen molar-refractivity contribution in [2.45, 2.75) is 18.0 Å². The molecule has 1 aromatic heterocycles. The monoisotopic (exact) mass is 456 g/mol. The Bertz CT molecular complexity index is 1040. The van der Waals surface area contributed by atoms with Gasteiger partial charge in [0.1, 0.15) is 5.75 Å². The largest absolute Gasteiger partial charge is 0.495 e. The molecule has 2 rings (SSSR count). The number of benzene rings is 1. The third kappa shape index (κ3) is 6.29. The maximum Gasteiger partial charge on any atom is 0.305 e. The van der Waals surface area contributed by atoms with Gasteiger partial charge < -0.3 is 20.1 Å². The number of hydrogen-bond donors (Lipinski definition) is 2. The number of ether oxygens (including phenoxy) is 2. The molecular weight excluding hydrogens is 436 g/mol. The van der Waals surface area contributed by atoms with Crippen LogP contribution in [0.4, 0.5) is 11.4 Å². The lowest BCUT2D eigenvalue weighted by molar-refractivity contribution is -0.140. The highest BCUT2D eigenvalue weighted by molar-refractivity contribution is 7.90. The van der Waals surface area contributed by atoms with E-state index in [4.69, 9.17) is 16.3 Å². The number of methoxy groups -OCH3 is 2. The van der Waals surface area contributed by atoms with E-state index in [0.717, 1.165) is 6.26 Å². The normalized spacial score (nSPS) is 10.9. The van der Waals surface area contributed by atoms with Crippen LogP contribution in [0.2, 0.25) is 5.02 Å². The Balaban J connectivity index is 2.26. The van der Waals surface area contributed by atoms with E-state index in [-0.39, 0.29) is 28.8 Å². The molecule has 0 fully saturated rings. The number of aromatic nitrogens is 2. The molecule has 1 amide bonds. The van der Waals surface area contributed by atoms with Crippen molar-refractivity contribution >= 4 is 44.7 Å². The van der Waals surface area contributed by atoms with Crippen LogP contribution in [-0.2, 0) is 19.4 Å². The highest BCUT2D eigenvalue weighted by Crippen LogP contribution is 2.27. The topological polar surface area (TPSA) is 137 Å². The summed E-state index contributed by atoms with van der Waals surface area (Å²) in [7, 11) is -0.976. The fourth-order valence-electron chi connectivity index (χ4n) is 2.34. The molecule has 1 aromatic carbocycles. The predicted octanol–water partition coefficient (Wildman–Crippen LogP) is 2.16. The first-order valence-corrected chi connectivity index (χ1v) is 10.9. The molecule has 0 unspecified atom stereocenters. The summed E-state index contributed by atoms with van der Waals surface area (Å²) < 4.78 is 33.2. The molecule has 0 spiro atoms. The summed E-state index contributed by atoms with van der Waals surface area (Å²) in [6.07, 6.45) is 2.75. The zero-order chi connectivity index (χ0) is 22.3. The van der Waals surface area contributed by atoms with Crippen molar-refractivity contribution in [2.24, 2.45) is 0 Å². The van der Waals surface area contributed by atoms with Crippen molar-refractivity contribution in [3.63, 3.8) is 0 Å². The van der Waals surface area contributed by atoms with Gasteiger partial charge in [0.2, 0.25) is 15.0 Å². The van der Waals surface area contributed by atoms with Crippen molar-refractivity contribution in [1.82, 2.24) is 9.97 Å². The Labute approximate surface area is 178 Å². The first-order chi connectivity index (χ1) is 14.2. The number of amides is 1. The fraction of sp³-hybridized carbons (Fsp3) is 0.333. The molecule has 0 atom stereocenters. The number of esters is 1. The number of rotatable bonds is 9. The zero-order valence-electron chi connectivity index (χ0n) is 16.6. The molecular formula is C18H21ClN4O6S. The van der Waals surface area contributed by atoms with Gasteiger partial charge in [0, 0.05) is 24.9 Å². The summed E-state index contributed by atoms with van der Waals surface area (Å²) in [5.41, 5.74) is 0.404. The van der Waals surface area contributed by atoms with E-state index in [2.05, 4.69) is 25.3 Å². The zero-order valence-corrected chi connectivity index (χ0v) is 18.1. The van der Waals surface area contributed by atoms with Crippen molar-refractivity contribution in [3.05, 3.63) is 35.1 Å². The van der Waals surface area contributed by atoms with Crippen LogP contribution in [0.1, 0.15) is 23.3 Å². The lowest BCUT2D eigenvalue weighted by Gasteiger charge is -2.12. The third-order valence-electron chi connectivity index (χ3n) is 3.82. The summed E-state index contributed by atoms with van der Waals surface area (Å²) in [5, 5.41) is 5.34. The predicted molar refractivity (Wildman–Crippen MR) is 111 cm³/mol. The molecule has 0 aliphatic heterocycles. The van der Waals surface area contributed by atoms with Crippen LogP contribution in [0.3, 0.4) is 0 Å². The van der Waals surface area contributed by atoms with Crippen LogP contribution >= 0.6 is 11.6 Å². The lowest BCUT2D eigenvalue weighted by Crippen LogP contribution is -2.20. The minimum absolute atomic E-state index is 0.171. The van der Waals surface area contributed by atoms with E-state index >= 15 is 0 Å². The summed E-state index contributed by atoms with van der Waals surface area (Å²) in [4.78, 5) is 31.7. The molecule has 0 aliphatic rings. The van der Waals surface area contributed by atoms with E-state index < -0.39 is 20.9 Å². The SMILES string of the molecule is COC(=O)CCCNc1cnc(S(C)(=O)=O)nc1C(=O)Nc1ccc(OC)c(Cl)c1. The molecule has 1 heterocycles. The van der Waals surface area contributed by atoms with Gasteiger partial charge >= 0.3 is 5.97 Å². The van der Waals surface area contributed by atoms with Crippen molar-refractivity contribution in [2.75, 3.05) is 37.7 Å². The summed E-state index contributed by atoms with van der Waals surface area (Å²) in [5.74, 6) is -0.599. The maximum atomic E-state index is 12.8. The smallest absolute Gasteiger partial charge is 0.305 e. The van der Waals surface area contributed by atoms with E-state index in [1.807, 2.05) is 0 Å². The number of carbonyl (C=O) groups is 2. The number of anilines is 2. The van der Waals surface area contributed by atoms with Gasteiger partial charge in [-0.15, -0.1) is 0 Å². The first-order valence-electron chi connectivity index (χ1n) is 8.68. The first kappa shape index (κ1) is 23.4. The Hall–Kier alpha value is -2.92. The highest BCUT2D eigenvalue weighted by Gasteiger charge is 2.20. The Kier molecular flexibility index (Phi) is 7.95. The van der Waals surface area contributed by atoms with Gasteiger partial charge in [0.25, 0.3) is 5.91 Å². The molecule has 10 nitrogen and oxygen atoms in total. The van der Waals surface area contributed by atoms with Gasteiger partial charge in [0.05, 0.1) is 31.1 Å². The summed E-state index contributed by atoms with van der Waals surface area (Å²) in [6.45, 7) is 0.311. The van der Waals surface area contributed by atoms with E-state index in [1.54, 1.807) is 12.1 Å². The molecule has 2 aromatic rings. The van der Waals surface area contributed by atoms with Crippen molar-refractivity contribution in [1.29, 1.82) is 0 Å².